The molecule has 31 heavy (non-hydrogen) atoms. The van der Waals surface area contributed by atoms with Gasteiger partial charge in [-0.2, -0.15) is 0 Å². The Labute approximate surface area is 185 Å². The highest BCUT2D eigenvalue weighted by atomic mass is 19.1. The minimum absolute atomic E-state index is 0.0529. The molecule has 2 aliphatic heterocycles. The molecule has 2 saturated carbocycles. The van der Waals surface area contributed by atoms with Crippen molar-refractivity contribution in [2.75, 3.05) is 18.5 Å². The molecular weight excluding hydrogens is 391 g/mol. The molecule has 5 atom stereocenters. The normalized spacial score (nSPS) is 33.7. The third-order valence-corrected chi connectivity index (χ3v) is 8.33. The molecular formula is C25H37FN4O. The molecule has 0 radical (unpaired) electrons. The van der Waals surface area contributed by atoms with Crippen LogP contribution in [0.25, 0.3) is 0 Å². The highest BCUT2D eigenvalue weighted by molar-refractivity contribution is 5.89. The number of rotatable bonds is 4. The average molecular weight is 429 g/mol. The third-order valence-electron chi connectivity index (χ3n) is 8.33. The fourth-order valence-electron chi connectivity index (χ4n) is 6.75. The van der Waals surface area contributed by atoms with Gasteiger partial charge in [0.1, 0.15) is 11.9 Å². The Morgan fingerprint density at radius 3 is 2.65 bits per heavy atom. The minimum atomic E-state index is -0.355. The summed E-state index contributed by atoms with van der Waals surface area (Å²) in [4.78, 5) is 13.5. The van der Waals surface area contributed by atoms with E-state index in [9.17, 15) is 9.18 Å². The van der Waals surface area contributed by atoms with E-state index in [1.165, 1.54) is 25.7 Å². The fourth-order valence-corrected chi connectivity index (χ4v) is 6.75. The second-order valence-electron chi connectivity index (χ2n) is 10.3. The summed E-state index contributed by atoms with van der Waals surface area (Å²) >= 11 is 0. The van der Waals surface area contributed by atoms with Crippen LogP contribution in [0.15, 0.2) is 12.1 Å². The Bertz CT molecular complexity index is 803. The van der Waals surface area contributed by atoms with Crippen LogP contribution in [-0.4, -0.2) is 37.2 Å². The quantitative estimate of drug-likeness (QED) is 0.589. The van der Waals surface area contributed by atoms with Gasteiger partial charge in [0.25, 0.3) is 0 Å². The van der Waals surface area contributed by atoms with E-state index < -0.39 is 0 Å². The number of amides is 1. The zero-order valence-electron chi connectivity index (χ0n) is 18.7. The number of anilines is 1. The number of hydrogen-bond acceptors (Lipinski definition) is 4. The molecule has 1 aromatic rings. The molecule has 2 aliphatic carbocycles. The first-order valence-corrected chi connectivity index (χ1v) is 12.4. The maximum Gasteiger partial charge on any atom is 0.243 e. The molecule has 5 rings (SSSR count). The summed E-state index contributed by atoms with van der Waals surface area (Å²) in [7, 11) is 0. The van der Waals surface area contributed by atoms with Crippen molar-refractivity contribution in [2.24, 2.45) is 11.8 Å². The van der Waals surface area contributed by atoms with Crippen LogP contribution >= 0.6 is 0 Å². The lowest BCUT2D eigenvalue weighted by molar-refractivity contribution is -0.123. The largest absolute Gasteiger partial charge is 0.373 e. The molecule has 3 unspecified atom stereocenters. The highest BCUT2D eigenvalue weighted by Gasteiger charge is 2.45. The van der Waals surface area contributed by atoms with Crippen LogP contribution < -0.4 is 21.3 Å². The lowest BCUT2D eigenvalue weighted by Gasteiger charge is -2.38. The van der Waals surface area contributed by atoms with Gasteiger partial charge < -0.3 is 21.3 Å². The smallest absolute Gasteiger partial charge is 0.243 e. The average Bonchev–Trinajstić information content (AvgIpc) is 3.45. The summed E-state index contributed by atoms with van der Waals surface area (Å²) in [6, 6.07) is 3.83. The van der Waals surface area contributed by atoms with E-state index in [-0.39, 0.29) is 29.7 Å². The lowest BCUT2D eigenvalue weighted by Crippen LogP contribution is -2.52. The van der Waals surface area contributed by atoms with Gasteiger partial charge in [-0.1, -0.05) is 25.3 Å². The summed E-state index contributed by atoms with van der Waals surface area (Å²) in [5.41, 5.74) is 2.65. The van der Waals surface area contributed by atoms with E-state index in [4.69, 9.17) is 0 Å². The van der Waals surface area contributed by atoms with Crippen LogP contribution in [0, 0.1) is 24.6 Å². The van der Waals surface area contributed by atoms with Gasteiger partial charge in [0, 0.05) is 35.9 Å². The van der Waals surface area contributed by atoms with Gasteiger partial charge in [-0.3, -0.25) is 4.79 Å². The predicted molar refractivity (Wildman–Crippen MR) is 122 cm³/mol. The predicted octanol–water partition coefficient (Wildman–Crippen LogP) is 3.79. The molecule has 5 nitrogen and oxygen atoms in total. The fraction of sp³-hybridized carbons (Fsp3) is 0.720. The summed E-state index contributed by atoms with van der Waals surface area (Å²) in [5.74, 6) is 0.868. The van der Waals surface area contributed by atoms with Gasteiger partial charge in [0.15, 0.2) is 0 Å². The standard InChI is InChI=1S/C25H37FN4O/c1-15-9-10-19(26)22-21(16-5-2-3-6-16)24(30-23(15)22)25(31)29-18-8-4-7-17(13-18)20-11-12-27-14-28-20/h9-10,16-18,20-21,24,27-28,30H,2-8,11-14H2,1H3,(H,29,31)/t17-,18-,20?,21?,24?/m1/s1. The van der Waals surface area contributed by atoms with Crippen LogP contribution in [-0.2, 0) is 4.79 Å². The molecule has 3 fully saturated rings. The summed E-state index contributed by atoms with van der Waals surface area (Å²) < 4.78 is 14.9. The van der Waals surface area contributed by atoms with Gasteiger partial charge in [0.2, 0.25) is 5.91 Å². The number of carbonyl (C=O) groups is 1. The van der Waals surface area contributed by atoms with Gasteiger partial charge in [-0.05, 0) is 75.5 Å². The molecule has 2 heterocycles. The number of hydrogen-bond donors (Lipinski definition) is 4. The maximum absolute atomic E-state index is 14.9. The van der Waals surface area contributed by atoms with Crippen LogP contribution in [0.2, 0.25) is 0 Å². The van der Waals surface area contributed by atoms with Crippen molar-refractivity contribution in [3.63, 3.8) is 0 Å². The molecule has 0 spiro atoms. The number of carbonyl (C=O) groups excluding carboxylic acids is 1. The Hall–Kier alpha value is -1.66. The van der Waals surface area contributed by atoms with E-state index >= 15 is 0 Å². The van der Waals surface area contributed by atoms with E-state index in [1.54, 1.807) is 6.07 Å². The van der Waals surface area contributed by atoms with Gasteiger partial charge in [-0.25, -0.2) is 4.39 Å². The van der Waals surface area contributed by atoms with E-state index in [1.807, 2.05) is 13.0 Å². The molecule has 1 saturated heterocycles. The molecule has 0 aromatic heterocycles. The van der Waals surface area contributed by atoms with Gasteiger partial charge in [-0.15, -0.1) is 0 Å². The van der Waals surface area contributed by atoms with Crippen LogP contribution in [0.4, 0.5) is 10.1 Å². The first-order chi connectivity index (χ1) is 15.1. The second-order valence-corrected chi connectivity index (χ2v) is 10.3. The van der Waals surface area contributed by atoms with E-state index in [2.05, 4.69) is 21.3 Å². The molecule has 4 aliphatic rings. The second kappa shape index (κ2) is 9.07. The third kappa shape index (κ3) is 4.21. The lowest BCUT2D eigenvalue weighted by atomic mass is 9.79. The monoisotopic (exact) mass is 428 g/mol. The molecule has 4 N–H and O–H groups in total. The number of benzene rings is 1. The van der Waals surface area contributed by atoms with Crippen molar-refractivity contribution in [3.8, 4) is 0 Å². The number of fused-ring (bicyclic) bond motifs is 1. The van der Waals surface area contributed by atoms with Gasteiger partial charge in [0.05, 0.1) is 0 Å². The number of halogens is 1. The topological polar surface area (TPSA) is 65.2 Å². The van der Waals surface area contributed by atoms with Crippen molar-refractivity contribution in [2.45, 2.75) is 88.8 Å². The molecule has 170 valence electrons. The minimum Gasteiger partial charge on any atom is -0.373 e. The van der Waals surface area contributed by atoms with E-state index in [0.29, 0.717) is 17.9 Å². The Balaban J connectivity index is 1.31. The van der Waals surface area contributed by atoms with E-state index in [0.717, 1.165) is 62.1 Å². The summed E-state index contributed by atoms with van der Waals surface area (Å²) in [6.45, 7) is 3.97. The number of nitrogens with one attached hydrogen (secondary N) is 4. The van der Waals surface area contributed by atoms with Crippen LogP contribution in [0.3, 0.4) is 0 Å². The van der Waals surface area contributed by atoms with Crippen molar-refractivity contribution in [3.05, 3.63) is 29.1 Å². The summed E-state index contributed by atoms with van der Waals surface area (Å²) in [6.07, 6.45) is 10.2. The number of aryl methyl sites for hydroxylation is 1. The molecule has 6 heteroatoms. The molecule has 1 amide bonds. The van der Waals surface area contributed by atoms with Gasteiger partial charge >= 0.3 is 0 Å². The Kier molecular flexibility index (Phi) is 6.20. The highest BCUT2D eigenvalue weighted by Crippen LogP contribution is 2.48. The van der Waals surface area contributed by atoms with Crippen LogP contribution in [0.1, 0.15) is 74.8 Å². The Morgan fingerprint density at radius 1 is 1.06 bits per heavy atom. The summed E-state index contributed by atoms with van der Waals surface area (Å²) in [5, 5.41) is 13.8. The zero-order valence-corrected chi connectivity index (χ0v) is 18.7. The molecule has 0 bridgehead atoms. The van der Waals surface area contributed by atoms with Crippen molar-refractivity contribution >= 4 is 11.6 Å². The first-order valence-electron chi connectivity index (χ1n) is 12.4. The van der Waals surface area contributed by atoms with Crippen molar-refractivity contribution < 1.29 is 9.18 Å². The SMILES string of the molecule is Cc1ccc(F)c2c1NC(C(=O)N[C@@H]1CCC[C@@H](C3CCNCN3)C1)C2C1CCCC1. The van der Waals surface area contributed by atoms with Crippen molar-refractivity contribution in [1.82, 2.24) is 16.0 Å². The zero-order chi connectivity index (χ0) is 21.4. The van der Waals surface area contributed by atoms with Crippen molar-refractivity contribution in [1.29, 1.82) is 0 Å². The van der Waals surface area contributed by atoms with Crippen LogP contribution in [0.5, 0.6) is 0 Å². The first kappa shape index (κ1) is 21.2. The maximum atomic E-state index is 14.9. The molecule has 1 aromatic carbocycles. The Morgan fingerprint density at radius 2 is 1.87 bits per heavy atom.